The highest BCUT2D eigenvalue weighted by molar-refractivity contribution is 7.88. The number of benzene rings is 2. The number of hydrogen-bond donors (Lipinski definition) is 4. The lowest BCUT2D eigenvalue weighted by Crippen LogP contribution is -2.53. The Bertz CT molecular complexity index is 1770. The monoisotopic (exact) mass is 684 g/mol. The second kappa shape index (κ2) is 12.5. The number of nitrogens with two attached hydrogens (primary N) is 1. The molecule has 1 fully saturated rings. The fourth-order valence-corrected chi connectivity index (χ4v) is 7.16. The van der Waals surface area contributed by atoms with Gasteiger partial charge >= 0.3 is 12.2 Å². The molecule has 0 spiro atoms. The largest absolute Gasteiger partial charge is 0.416 e. The zero-order valence-corrected chi connectivity index (χ0v) is 26.3. The Hall–Kier alpha value is -4.13. The van der Waals surface area contributed by atoms with Crippen LogP contribution in [0.4, 0.5) is 38.1 Å². The molecule has 18 heteroatoms. The Balaban J connectivity index is 1.43. The molecule has 1 saturated heterocycles. The van der Waals surface area contributed by atoms with E-state index >= 15 is 4.39 Å². The number of alkyl halides is 3. The maximum atomic E-state index is 15.6. The smallest absolute Gasteiger partial charge is 0.389 e. The summed E-state index contributed by atoms with van der Waals surface area (Å²) in [6, 6.07) is 3.38. The predicted molar refractivity (Wildman–Crippen MR) is 165 cm³/mol. The second-order valence-electron chi connectivity index (χ2n) is 11.7. The van der Waals surface area contributed by atoms with E-state index in [1.807, 2.05) is 10.2 Å². The predicted octanol–water partition coefficient (Wildman–Crippen LogP) is 3.10. The highest BCUT2D eigenvalue weighted by atomic mass is 32.2. The van der Waals surface area contributed by atoms with Crippen LogP contribution in [-0.4, -0.2) is 97.1 Å². The van der Waals surface area contributed by atoms with Gasteiger partial charge in [-0.1, -0.05) is 6.07 Å². The number of rotatable bonds is 7. The number of anilines is 2. The molecule has 2 aromatic rings. The number of carbonyl (C=O) groups is 1. The number of hydrazone groups is 1. The Labute approximate surface area is 267 Å². The first-order chi connectivity index (χ1) is 21.9. The summed E-state index contributed by atoms with van der Waals surface area (Å²) in [4.78, 5) is 18.7. The van der Waals surface area contributed by atoms with Crippen LogP contribution in [0, 0.1) is 11.6 Å². The Morgan fingerprint density at radius 3 is 2.34 bits per heavy atom. The van der Waals surface area contributed by atoms with Gasteiger partial charge in [0.05, 0.1) is 35.0 Å². The normalized spacial score (nSPS) is 23.0. The summed E-state index contributed by atoms with van der Waals surface area (Å²) in [7, 11) is -3.36. The van der Waals surface area contributed by atoms with E-state index in [0.29, 0.717) is 48.1 Å². The van der Waals surface area contributed by atoms with Crippen molar-refractivity contribution in [1.29, 1.82) is 0 Å². The SMILES string of the molecule is CC(O)C1=C(CN2CCN(S(C)(=O)=O)CC2)N2N=CN=C(N)C2C1(C)c1ccc(NC(=O)Nc2cc(C(F)(F)F)ccc2F)c(F)c1. The van der Waals surface area contributed by atoms with E-state index in [2.05, 4.69) is 15.4 Å². The van der Waals surface area contributed by atoms with Crippen LogP contribution >= 0.6 is 0 Å². The minimum Gasteiger partial charge on any atom is -0.389 e. The summed E-state index contributed by atoms with van der Waals surface area (Å²) in [5.41, 5.74) is 4.28. The zero-order valence-electron chi connectivity index (χ0n) is 25.5. The van der Waals surface area contributed by atoms with Gasteiger partial charge in [0.15, 0.2) is 0 Å². The third-order valence-electron chi connectivity index (χ3n) is 8.55. The summed E-state index contributed by atoms with van der Waals surface area (Å²) in [6.07, 6.45) is -3.44. The molecule has 254 valence electrons. The maximum absolute atomic E-state index is 15.6. The van der Waals surface area contributed by atoms with Crippen LogP contribution in [0.15, 0.2) is 57.8 Å². The molecule has 3 unspecified atom stereocenters. The van der Waals surface area contributed by atoms with Gasteiger partial charge in [-0.2, -0.15) is 22.6 Å². The lowest BCUT2D eigenvalue weighted by Gasteiger charge is -2.38. The summed E-state index contributed by atoms with van der Waals surface area (Å²) in [5.74, 6) is -1.91. The molecule has 5 rings (SSSR count). The Morgan fingerprint density at radius 1 is 1.09 bits per heavy atom. The maximum Gasteiger partial charge on any atom is 0.416 e. The number of piperazine rings is 1. The molecule has 3 aliphatic rings. The number of aliphatic hydroxyl groups is 1. The van der Waals surface area contributed by atoms with E-state index in [1.54, 1.807) is 18.9 Å². The van der Waals surface area contributed by atoms with Gasteiger partial charge < -0.3 is 21.5 Å². The molecule has 2 amide bonds. The van der Waals surface area contributed by atoms with Crippen LogP contribution < -0.4 is 16.4 Å². The molecule has 0 radical (unpaired) electrons. The first-order valence-electron chi connectivity index (χ1n) is 14.4. The van der Waals surface area contributed by atoms with E-state index < -0.39 is 62.7 Å². The van der Waals surface area contributed by atoms with Crippen molar-refractivity contribution in [2.45, 2.75) is 37.6 Å². The molecular formula is C29H33F5N8O4S. The minimum absolute atomic E-state index is 0.141. The number of sulfonamides is 1. The highest BCUT2D eigenvalue weighted by Crippen LogP contribution is 2.49. The van der Waals surface area contributed by atoms with Crippen LogP contribution in [0.3, 0.4) is 0 Å². The molecule has 3 atom stereocenters. The van der Waals surface area contributed by atoms with Gasteiger partial charge in [0.25, 0.3) is 0 Å². The van der Waals surface area contributed by atoms with Crippen molar-refractivity contribution in [1.82, 2.24) is 14.2 Å². The average Bonchev–Trinajstić information content (AvgIpc) is 3.24. The highest BCUT2D eigenvalue weighted by Gasteiger charge is 2.55. The minimum atomic E-state index is -4.78. The third-order valence-corrected chi connectivity index (χ3v) is 9.85. The molecule has 0 bridgehead atoms. The number of amides is 2. The first kappa shape index (κ1) is 34.2. The van der Waals surface area contributed by atoms with Gasteiger partial charge in [-0.05, 0) is 55.3 Å². The van der Waals surface area contributed by atoms with Gasteiger partial charge in [-0.15, -0.1) is 0 Å². The number of amidine groups is 1. The van der Waals surface area contributed by atoms with Gasteiger partial charge in [0.1, 0.15) is 29.9 Å². The molecular weight excluding hydrogens is 651 g/mol. The lowest BCUT2D eigenvalue weighted by molar-refractivity contribution is -0.137. The average molecular weight is 685 g/mol. The summed E-state index contributed by atoms with van der Waals surface area (Å²) in [5, 5.41) is 21.3. The molecule has 2 aromatic carbocycles. The van der Waals surface area contributed by atoms with Crippen molar-refractivity contribution in [2.24, 2.45) is 15.8 Å². The first-order valence-corrected chi connectivity index (χ1v) is 16.2. The van der Waals surface area contributed by atoms with Crippen LogP contribution in [0.1, 0.15) is 25.0 Å². The van der Waals surface area contributed by atoms with E-state index in [4.69, 9.17) is 5.73 Å². The summed E-state index contributed by atoms with van der Waals surface area (Å²) >= 11 is 0. The van der Waals surface area contributed by atoms with Crippen LogP contribution in [-0.2, 0) is 21.6 Å². The van der Waals surface area contributed by atoms with Gasteiger partial charge in [-0.3, -0.25) is 9.91 Å². The lowest BCUT2D eigenvalue weighted by atomic mass is 9.70. The van der Waals surface area contributed by atoms with E-state index in [9.17, 15) is 35.9 Å². The quantitative estimate of drug-likeness (QED) is 0.327. The number of aliphatic hydroxyl groups excluding tert-OH is 1. The van der Waals surface area contributed by atoms with Gasteiger partial charge in [0, 0.05) is 38.1 Å². The molecule has 47 heavy (non-hydrogen) atoms. The molecule has 3 aliphatic heterocycles. The molecule has 12 nitrogen and oxygen atoms in total. The molecule has 5 N–H and O–H groups in total. The second-order valence-corrected chi connectivity index (χ2v) is 13.7. The van der Waals surface area contributed by atoms with Crippen molar-refractivity contribution in [2.75, 3.05) is 49.6 Å². The fraction of sp³-hybridized carbons (Fsp3) is 0.414. The third kappa shape index (κ3) is 6.67. The number of fused-ring (bicyclic) bond motifs is 1. The number of halogens is 5. The molecule has 0 saturated carbocycles. The molecule has 0 aliphatic carbocycles. The number of nitrogens with zero attached hydrogens (tertiary/aromatic N) is 5. The van der Waals surface area contributed by atoms with Crippen molar-refractivity contribution >= 4 is 39.6 Å². The summed E-state index contributed by atoms with van der Waals surface area (Å²) < 4.78 is 94.3. The van der Waals surface area contributed by atoms with Crippen molar-refractivity contribution in [3.63, 3.8) is 0 Å². The van der Waals surface area contributed by atoms with Crippen molar-refractivity contribution < 1.29 is 40.3 Å². The Kier molecular flexibility index (Phi) is 9.08. The summed E-state index contributed by atoms with van der Waals surface area (Å²) in [6.45, 7) is 4.93. The molecule has 0 aromatic heterocycles. The molecule has 3 heterocycles. The number of nitrogens with one attached hydrogen (secondary N) is 2. The standard InChI is InChI=1S/C29H33F5N8O4S/c1-16(43)24-23(14-40-8-10-41(11-9-40)47(3,45)46)42-25(26(35)36-15-37-42)28(24,2)17-5-7-21(20(31)12-17)38-27(44)39-22-13-18(29(32,33)34)4-6-19(22)30/h4-7,12-13,15-16,25,43H,8-11,14H2,1-3H3,(H2,35,36,37)(H2,38,39,44). The van der Waals surface area contributed by atoms with E-state index in [1.165, 1.54) is 22.8 Å². The fourth-order valence-electron chi connectivity index (χ4n) is 6.34. The topological polar surface area (TPSA) is 156 Å². The Morgan fingerprint density at radius 2 is 1.74 bits per heavy atom. The van der Waals surface area contributed by atoms with Crippen molar-refractivity contribution in [3.8, 4) is 0 Å². The van der Waals surface area contributed by atoms with Gasteiger partial charge in [-0.25, -0.2) is 27.0 Å². The number of urea groups is 1. The zero-order chi connectivity index (χ0) is 34.5. The van der Waals surface area contributed by atoms with Crippen LogP contribution in [0.5, 0.6) is 0 Å². The van der Waals surface area contributed by atoms with Crippen LogP contribution in [0.2, 0.25) is 0 Å². The van der Waals surface area contributed by atoms with Crippen LogP contribution in [0.25, 0.3) is 0 Å². The van der Waals surface area contributed by atoms with E-state index in [-0.39, 0.29) is 31.2 Å². The number of aliphatic imine (C=N–C) groups is 1. The van der Waals surface area contributed by atoms with E-state index in [0.717, 1.165) is 12.3 Å². The van der Waals surface area contributed by atoms with Crippen molar-refractivity contribution in [3.05, 3.63) is 70.4 Å². The number of hydrogen-bond acceptors (Lipinski definition) is 9. The number of carbonyl (C=O) groups excluding carboxylic acids is 1. The van der Waals surface area contributed by atoms with Gasteiger partial charge in [0.2, 0.25) is 10.0 Å².